The SMILES string of the molecule is CN=C(NCCN1CCN(c2ncccn2)CC1)NC1CCC(C)CC1. The first-order chi connectivity index (χ1) is 12.7. The fraction of sp³-hybridized carbons (Fsp3) is 0.737. The van der Waals surface area contributed by atoms with Crippen molar-refractivity contribution in [3.05, 3.63) is 18.5 Å². The minimum absolute atomic E-state index is 0.576. The van der Waals surface area contributed by atoms with E-state index >= 15 is 0 Å². The number of nitrogens with one attached hydrogen (secondary N) is 2. The van der Waals surface area contributed by atoms with Crippen molar-refractivity contribution in [2.75, 3.05) is 51.2 Å². The minimum Gasteiger partial charge on any atom is -0.355 e. The summed E-state index contributed by atoms with van der Waals surface area (Å²) >= 11 is 0. The van der Waals surface area contributed by atoms with E-state index in [2.05, 4.69) is 42.3 Å². The van der Waals surface area contributed by atoms with Crippen LogP contribution in [0.5, 0.6) is 0 Å². The first-order valence-electron chi connectivity index (χ1n) is 9.96. The second-order valence-electron chi connectivity index (χ2n) is 7.48. The lowest BCUT2D eigenvalue weighted by Gasteiger charge is -2.34. The zero-order chi connectivity index (χ0) is 18.2. The number of hydrogen-bond acceptors (Lipinski definition) is 5. The third kappa shape index (κ3) is 5.56. The van der Waals surface area contributed by atoms with E-state index < -0.39 is 0 Å². The van der Waals surface area contributed by atoms with Crippen LogP contribution in [0.25, 0.3) is 0 Å². The fourth-order valence-corrected chi connectivity index (χ4v) is 3.75. The third-order valence-corrected chi connectivity index (χ3v) is 5.51. The minimum atomic E-state index is 0.576. The Balaban J connectivity index is 1.33. The van der Waals surface area contributed by atoms with Gasteiger partial charge in [-0.2, -0.15) is 0 Å². The van der Waals surface area contributed by atoms with Gasteiger partial charge in [-0.3, -0.25) is 9.89 Å². The zero-order valence-corrected chi connectivity index (χ0v) is 16.2. The highest BCUT2D eigenvalue weighted by Crippen LogP contribution is 2.23. The molecule has 0 spiro atoms. The van der Waals surface area contributed by atoms with Gasteiger partial charge in [0.1, 0.15) is 0 Å². The van der Waals surface area contributed by atoms with Crippen LogP contribution < -0.4 is 15.5 Å². The highest BCUT2D eigenvalue weighted by Gasteiger charge is 2.20. The molecule has 0 unspecified atom stereocenters. The monoisotopic (exact) mass is 359 g/mol. The van der Waals surface area contributed by atoms with Crippen molar-refractivity contribution in [2.45, 2.75) is 38.6 Å². The quantitative estimate of drug-likeness (QED) is 0.611. The van der Waals surface area contributed by atoms with Gasteiger partial charge >= 0.3 is 0 Å². The summed E-state index contributed by atoms with van der Waals surface area (Å²) in [6.45, 7) is 8.37. The van der Waals surface area contributed by atoms with E-state index in [1.165, 1.54) is 25.7 Å². The van der Waals surface area contributed by atoms with Gasteiger partial charge in [-0.15, -0.1) is 0 Å². The molecule has 2 aliphatic rings. The van der Waals surface area contributed by atoms with Gasteiger partial charge in [0.25, 0.3) is 0 Å². The van der Waals surface area contributed by atoms with Gasteiger partial charge in [-0.25, -0.2) is 9.97 Å². The van der Waals surface area contributed by atoms with Gasteiger partial charge < -0.3 is 15.5 Å². The Labute approximate surface area is 157 Å². The van der Waals surface area contributed by atoms with Gasteiger partial charge in [0, 0.05) is 64.8 Å². The number of hydrogen-bond donors (Lipinski definition) is 2. The van der Waals surface area contributed by atoms with Gasteiger partial charge in [-0.05, 0) is 37.7 Å². The Morgan fingerprint density at radius 2 is 1.81 bits per heavy atom. The molecule has 1 aliphatic heterocycles. The molecule has 0 aromatic carbocycles. The highest BCUT2D eigenvalue weighted by molar-refractivity contribution is 5.79. The van der Waals surface area contributed by atoms with Gasteiger partial charge in [0.2, 0.25) is 5.95 Å². The van der Waals surface area contributed by atoms with Crippen LogP contribution in [0, 0.1) is 5.92 Å². The smallest absolute Gasteiger partial charge is 0.225 e. The lowest BCUT2D eigenvalue weighted by Crippen LogP contribution is -2.50. The molecule has 26 heavy (non-hydrogen) atoms. The van der Waals surface area contributed by atoms with E-state index in [0.29, 0.717) is 6.04 Å². The van der Waals surface area contributed by atoms with Gasteiger partial charge in [-0.1, -0.05) is 6.92 Å². The highest BCUT2D eigenvalue weighted by atomic mass is 15.3. The fourth-order valence-electron chi connectivity index (χ4n) is 3.75. The molecular formula is C19H33N7. The molecule has 2 heterocycles. The molecule has 7 heteroatoms. The molecule has 1 aromatic heterocycles. The van der Waals surface area contributed by atoms with Crippen LogP contribution in [0.4, 0.5) is 5.95 Å². The van der Waals surface area contributed by atoms with Gasteiger partial charge in [0.15, 0.2) is 5.96 Å². The molecule has 0 atom stereocenters. The van der Waals surface area contributed by atoms with E-state index in [0.717, 1.165) is 57.1 Å². The Bertz CT molecular complexity index is 546. The Morgan fingerprint density at radius 1 is 1.12 bits per heavy atom. The van der Waals surface area contributed by atoms with E-state index in [1.54, 1.807) is 0 Å². The molecule has 1 aliphatic carbocycles. The Kier molecular flexibility index (Phi) is 7.05. The summed E-state index contributed by atoms with van der Waals surface area (Å²) in [5.41, 5.74) is 0. The van der Waals surface area contributed by atoms with E-state index in [1.807, 2.05) is 25.5 Å². The molecular weight excluding hydrogens is 326 g/mol. The summed E-state index contributed by atoms with van der Waals surface area (Å²) in [6, 6.07) is 2.44. The summed E-state index contributed by atoms with van der Waals surface area (Å²) in [6.07, 6.45) is 8.78. The van der Waals surface area contributed by atoms with Crippen LogP contribution in [-0.2, 0) is 0 Å². The molecule has 144 valence electrons. The number of aliphatic imine (C=N–C) groups is 1. The van der Waals surface area contributed by atoms with Crippen molar-refractivity contribution in [1.29, 1.82) is 0 Å². The number of guanidine groups is 1. The maximum absolute atomic E-state index is 4.39. The van der Waals surface area contributed by atoms with Crippen LogP contribution in [0.2, 0.25) is 0 Å². The third-order valence-electron chi connectivity index (χ3n) is 5.51. The molecule has 2 N–H and O–H groups in total. The standard InChI is InChI=1S/C19H33N7/c1-16-4-6-17(7-5-16)24-18(20-2)21-10-11-25-12-14-26(15-13-25)19-22-8-3-9-23-19/h3,8-9,16-17H,4-7,10-15H2,1-2H3,(H2,20,21,24). The van der Waals surface area contributed by atoms with E-state index in [4.69, 9.17) is 0 Å². The average molecular weight is 360 g/mol. The average Bonchev–Trinajstić information content (AvgIpc) is 2.70. The number of piperazine rings is 1. The normalized spacial score (nSPS) is 25.2. The zero-order valence-electron chi connectivity index (χ0n) is 16.2. The predicted molar refractivity (Wildman–Crippen MR) is 107 cm³/mol. The number of aromatic nitrogens is 2. The topological polar surface area (TPSA) is 68.7 Å². The molecule has 7 nitrogen and oxygen atoms in total. The van der Waals surface area contributed by atoms with Crippen molar-refractivity contribution < 1.29 is 0 Å². The summed E-state index contributed by atoms with van der Waals surface area (Å²) < 4.78 is 0. The Morgan fingerprint density at radius 3 is 2.46 bits per heavy atom. The molecule has 0 bridgehead atoms. The summed E-state index contributed by atoms with van der Waals surface area (Å²) in [5, 5.41) is 7.07. The number of anilines is 1. The van der Waals surface area contributed by atoms with Crippen LogP contribution in [0.15, 0.2) is 23.5 Å². The second kappa shape index (κ2) is 9.71. The molecule has 1 saturated heterocycles. The maximum atomic E-state index is 4.39. The van der Waals surface area contributed by atoms with Crippen LogP contribution in [0.1, 0.15) is 32.6 Å². The van der Waals surface area contributed by atoms with Crippen molar-refractivity contribution in [1.82, 2.24) is 25.5 Å². The first kappa shape index (κ1) is 18.9. The summed E-state index contributed by atoms with van der Waals surface area (Å²) in [7, 11) is 1.86. The Hall–Kier alpha value is -1.89. The maximum Gasteiger partial charge on any atom is 0.225 e. The van der Waals surface area contributed by atoms with Crippen LogP contribution in [0.3, 0.4) is 0 Å². The van der Waals surface area contributed by atoms with Crippen molar-refractivity contribution in [3.8, 4) is 0 Å². The van der Waals surface area contributed by atoms with Crippen LogP contribution >= 0.6 is 0 Å². The number of nitrogens with zero attached hydrogens (tertiary/aromatic N) is 5. The molecule has 1 saturated carbocycles. The van der Waals surface area contributed by atoms with E-state index in [9.17, 15) is 0 Å². The van der Waals surface area contributed by atoms with E-state index in [-0.39, 0.29) is 0 Å². The molecule has 2 fully saturated rings. The second-order valence-corrected chi connectivity index (χ2v) is 7.48. The summed E-state index contributed by atoms with van der Waals surface area (Å²) in [5.74, 6) is 2.67. The molecule has 0 amide bonds. The van der Waals surface area contributed by atoms with Gasteiger partial charge in [0.05, 0.1) is 0 Å². The van der Waals surface area contributed by atoms with Crippen molar-refractivity contribution >= 4 is 11.9 Å². The lowest BCUT2D eigenvalue weighted by atomic mass is 9.87. The first-order valence-corrected chi connectivity index (χ1v) is 9.96. The molecule has 1 aromatic rings. The largest absolute Gasteiger partial charge is 0.355 e. The van der Waals surface area contributed by atoms with Crippen molar-refractivity contribution in [3.63, 3.8) is 0 Å². The lowest BCUT2D eigenvalue weighted by molar-refractivity contribution is 0.260. The molecule has 3 rings (SSSR count). The predicted octanol–water partition coefficient (Wildman–Crippen LogP) is 1.34. The van der Waals surface area contributed by atoms with Crippen LogP contribution in [-0.4, -0.2) is 73.2 Å². The molecule has 0 radical (unpaired) electrons. The summed E-state index contributed by atoms with van der Waals surface area (Å²) in [4.78, 5) is 17.8. The van der Waals surface area contributed by atoms with Crippen molar-refractivity contribution in [2.24, 2.45) is 10.9 Å². The number of rotatable bonds is 5.